The summed E-state index contributed by atoms with van der Waals surface area (Å²) in [5.41, 5.74) is 3.90. The Hall–Kier alpha value is -0.870. The minimum Gasteiger partial charge on any atom is -0.313 e. The average Bonchev–Trinajstić information content (AvgIpc) is 2.98. The van der Waals surface area contributed by atoms with Gasteiger partial charge in [-0.05, 0) is 53.1 Å². The van der Waals surface area contributed by atoms with E-state index in [-0.39, 0.29) is 0 Å². The molecule has 2 heterocycles. The number of rotatable bonds is 6. The van der Waals surface area contributed by atoms with E-state index in [1.54, 1.807) is 0 Å². The van der Waals surface area contributed by atoms with Crippen LogP contribution in [0, 0.1) is 13.8 Å². The molecule has 0 amide bonds. The summed E-state index contributed by atoms with van der Waals surface area (Å²) >= 11 is 0. The van der Waals surface area contributed by atoms with Crippen molar-refractivity contribution in [2.45, 2.75) is 59.0 Å². The Kier molecular flexibility index (Phi) is 5.22. The second-order valence-corrected chi connectivity index (χ2v) is 6.17. The van der Waals surface area contributed by atoms with Gasteiger partial charge in [-0.15, -0.1) is 0 Å². The molecule has 0 saturated carbocycles. The van der Waals surface area contributed by atoms with Crippen LogP contribution in [-0.4, -0.2) is 40.4 Å². The van der Waals surface area contributed by atoms with Crippen LogP contribution in [0.25, 0.3) is 0 Å². The first-order chi connectivity index (χ1) is 9.54. The number of aryl methyl sites for hydroxylation is 2. The van der Waals surface area contributed by atoms with Gasteiger partial charge in [-0.2, -0.15) is 5.10 Å². The molecular weight excluding hydrogens is 248 g/mol. The van der Waals surface area contributed by atoms with E-state index >= 15 is 0 Å². The zero-order chi connectivity index (χ0) is 14.7. The molecule has 1 aliphatic heterocycles. The van der Waals surface area contributed by atoms with Crippen molar-refractivity contribution in [1.29, 1.82) is 0 Å². The Labute approximate surface area is 123 Å². The number of hydrogen-bond donors (Lipinski definition) is 1. The zero-order valence-electron chi connectivity index (χ0n) is 13.7. The van der Waals surface area contributed by atoms with Gasteiger partial charge < -0.3 is 5.32 Å². The maximum Gasteiger partial charge on any atom is 0.0644 e. The normalized spacial score (nSPS) is 20.8. The molecule has 1 saturated heterocycles. The molecule has 0 spiro atoms. The van der Waals surface area contributed by atoms with Crippen molar-refractivity contribution >= 4 is 0 Å². The summed E-state index contributed by atoms with van der Waals surface area (Å²) in [6, 6.07) is 1.12. The van der Waals surface area contributed by atoms with E-state index in [2.05, 4.69) is 43.0 Å². The van der Waals surface area contributed by atoms with Crippen LogP contribution in [0.5, 0.6) is 0 Å². The van der Waals surface area contributed by atoms with Crippen molar-refractivity contribution in [2.75, 3.05) is 19.6 Å². The molecule has 4 nitrogen and oxygen atoms in total. The smallest absolute Gasteiger partial charge is 0.0644 e. The van der Waals surface area contributed by atoms with Gasteiger partial charge in [0.05, 0.1) is 5.69 Å². The molecule has 4 heteroatoms. The predicted octanol–water partition coefficient (Wildman–Crippen LogP) is 2.56. The van der Waals surface area contributed by atoms with E-state index in [4.69, 9.17) is 0 Å². The Balaban J connectivity index is 2.14. The maximum absolute atomic E-state index is 4.58. The molecule has 1 aromatic rings. The van der Waals surface area contributed by atoms with Crippen molar-refractivity contribution in [3.63, 3.8) is 0 Å². The Bertz CT molecular complexity index is 432. The van der Waals surface area contributed by atoms with Gasteiger partial charge in [0, 0.05) is 36.9 Å². The van der Waals surface area contributed by atoms with E-state index in [9.17, 15) is 0 Å². The predicted molar refractivity (Wildman–Crippen MR) is 84.0 cm³/mol. The van der Waals surface area contributed by atoms with E-state index in [0.29, 0.717) is 12.1 Å². The van der Waals surface area contributed by atoms with Crippen LogP contribution in [0.3, 0.4) is 0 Å². The molecule has 2 atom stereocenters. The number of nitrogens with zero attached hydrogens (tertiary/aromatic N) is 3. The minimum atomic E-state index is 0.450. The zero-order valence-corrected chi connectivity index (χ0v) is 13.7. The van der Waals surface area contributed by atoms with Crippen LogP contribution in [0.1, 0.15) is 56.1 Å². The quantitative estimate of drug-likeness (QED) is 0.868. The number of aromatic nitrogens is 2. The van der Waals surface area contributed by atoms with Gasteiger partial charge >= 0.3 is 0 Å². The summed E-state index contributed by atoms with van der Waals surface area (Å²) in [5.74, 6) is 0. The molecule has 20 heavy (non-hydrogen) atoms. The molecule has 2 rings (SSSR count). The molecule has 1 aliphatic rings. The largest absolute Gasteiger partial charge is 0.313 e. The third kappa shape index (κ3) is 3.23. The lowest BCUT2D eigenvalue weighted by molar-refractivity contribution is 0.191. The van der Waals surface area contributed by atoms with Crippen LogP contribution >= 0.6 is 0 Å². The first-order valence-corrected chi connectivity index (χ1v) is 8.02. The third-order valence-corrected chi connectivity index (χ3v) is 4.66. The van der Waals surface area contributed by atoms with Crippen LogP contribution in [0.15, 0.2) is 0 Å². The van der Waals surface area contributed by atoms with Crippen LogP contribution < -0.4 is 5.32 Å². The Morgan fingerprint density at radius 3 is 2.70 bits per heavy atom. The fourth-order valence-corrected chi connectivity index (χ4v) is 3.50. The van der Waals surface area contributed by atoms with Gasteiger partial charge in [0.25, 0.3) is 0 Å². The summed E-state index contributed by atoms with van der Waals surface area (Å²) < 4.78 is 2.01. The highest BCUT2D eigenvalue weighted by atomic mass is 15.3. The third-order valence-electron chi connectivity index (χ3n) is 4.66. The lowest BCUT2D eigenvalue weighted by Crippen LogP contribution is -2.39. The van der Waals surface area contributed by atoms with Gasteiger partial charge in [-0.3, -0.25) is 9.58 Å². The van der Waals surface area contributed by atoms with Gasteiger partial charge in [0.1, 0.15) is 0 Å². The van der Waals surface area contributed by atoms with Gasteiger partial charge in [0.2, 0.25) is 0 Å². The molecule has 2 unspecified atom stereocenters. The Morgan fingerprint density at radius 1 is 1.45 bits per heavy atom. The van der Waals surface area contributed by atoms with Gasteiger partial charge in [-0.1, -0.05) is 6.92 Å². The van der Waals surface area contributed by atoms with Gasteiger partial charge in [-0.25, -0.2) is 0 Å². The highest BCUT2D eigenvalue weighted by molar-refractivity contribution is 5.27. The fraction of sp³-hybridized carbons (Fsp3) is 0.812. The molecule has 1 fully saturated rings. The maximum atomic E-state index is 4.58. The first kappa shape index (κ1) is 15.5. The van der Waals surface area contributed by atoms with Crippen molar-refractivity contribution in [3.8, 4) is 0 Å². The lowest BCUT2D eigenvalue weighted by atomic mass is 10.0. The van der Waals surface area contributed by atoms with Crippen molar-refractivity contribution in [3.05, 3.63) is 17.0 Å². The fourth-order valence-electron chi connectivity index (χ4n) is 3.50. The monoisotopic (exact) mass is 278 g/mol. The summed E-state index contributed by atoms with van der Waals surface area (Å²) in [4.78, 5) is 2.62. The summed E-state index contributed by atoms with van der Waals surface area (Å²) in [6.07, 6.45) is 3.84. The van der Waals surface area contributed by atoms with E-state index in [1.165, 1.54) is 42.8 Å². The standard InChI is InChI=1S/C16H30N4/c1-6-10-20(11-15-8-7-9-17-15)14(4)16-12(2)18-19(5)13(16)3/h14-15,17H,6-11H2,1-5H3. The molecule has 1 N–H and O–H groups in total. The van der Waals surface area contributed by atoms with E-state index in [1.807, 2.05) is 11.7 Å². The first-order valence-electron chi connectivity index (χ1n) is 8.02. The molecule has 1 aromatic heterocycles. The highest BCUT2D eigenvalue weighted by Gasteiger charge is 2.25. The Morgan fingerprint density at radius 2 is 2.20 bits per heavy atom. The van der Waals surface area contributed by atoms with E-state index in [0.717, 1.165) is 13.1 Å². The van der Waals surface area contributed by atoms with Gasteiger partial charge in [0.15, 0.2) is 0 Å². The number of nitrogens with one attached hydrogen (secondary N) is 1. The lowest BCUT2D eigenvalue weighted by Gasteiger charge is -2.31. The summed E-state index contributed by atoms with van der Waals surface area (Å²) in [6.45, 7) is 12.4. The summed E-state index contributed by atoms with van der Waals surface area (Å²) in [7, 11) is 2.04. The molecule has 0 aromatic carbocycles. The second-order valence-electron chi connectivity index (χ2n) is 6.17. The minimum absolute atomic E-state index is 0.450. The van der Waals surface area contributed by atoms with Crippen molar-refractivity contribution in [1.82, 2.24) is 20.0 Å². The second kappa shape index (κ2) is 6.72. The highest BCUT2D eigenvalue weighted by Crippen LogP contribution is 2.27. The number of hydrogen-bond acceptors (Lipinski definition) is 3. The van der Waals surface area contributed by atoms with Crippen LogP contribution in [0.2, 0.25) is 0 Å². The van der Waals surface area contributed by atoms with Crippen LogP contribution in [-0.2, 0) is 7.05 Å². The summed E-state index contributed by atoms with van der Waals surface area (Å²) in [5, 5.41) is 8.20. The topological polar surface area (TPSA) is 33.1 Å². The molecule has 0 radical (unpaired) electrons. The van der Waals surface area contributed by atoms with E-state index < -0.39 is 0 Å². The molecule has 0 aliphatic carbocycles. The molecule has 0 bridgehead atoms. The van der Waals surface area contributed by atoms with Crippen molar-refractivity contribution in [2.24, 2.45) is 7.05 Å². The average molecular weight is 278 g/mol. The molecule has 114 valence electrons. The molecular formula is C16H30N4. The van der Waals surface area contributed by atoms with Crippen LogP contribution in [0.4, 0.5) is 0 Å². The van der Waals surface area contributed by atoms with Crippen molar-refractivity contribution < 1.29 is 0 Å². The SMILES string of the molecule is CCCN(CC1CCCN1)C(C)c1c(C)nn(C)c1C.